The van der Waals surface area contributed by atoms with Gasteiger partial charge in [-0.15, -0.1) is 0 Å². The number of allylic oxidation sites excluding steroid dienone is 1. The number of rotatable bonds is 2. The lowest BCUT2D eigenvalue weighted by atomic mass is 9.92. The molecule has 0 unspecified atom stereocenters. The molecule has 0 radical (unpaired) electrons. The van der Waals surface area contributed by atoms with Crippen LogP contribution in [0.5, 0.6) is 0 Å². The molecule has 0 amide bonds. The van der Waals surface area contributed by atoms with Crippen LogP contribution < -0.4 is 0 Å². The zero-order chi connectivity index (χ0) is 13.2. The van der Waals surface area contributed by atoms with Crippen molar-refractivity contribution in [2.45, 2.75) is 30.6 Å². The van der Waals surface area contributed by atoms with E-state index in [2.05, 4.69) is 0 Å². The summed E-state index contributed by atoms with van der Waals surface area (Å²) in [6.45, 7) is 0. The van der Waals surface area contributed by atoms with Gasteiger partial charge in [0.1, 0.15) is 0 Å². The van der Waals surface area contributed by atoms with Crippen LogP contribution in [0.2, 0.25) is 0 Å². The highest BCUT2D eigenvalue weighted by atomic mass is 32.2. The highest BCUT2D eigenvalue weighted by Crippen LogP contribution is 2.22. The van der Waals surface area contributed by atoms with Crippen molar-refractivity contribution in [1.29, 1.82) is 0 Å². The van der Waals surface area contributed by atoms with Gasteiger partial charge in [0.05, 0.1) is 4.90 Å². The minimum atomic E-state index is -3.15. The first-order valence-electron chi connectivity index (χ1n) is 6.01. The van der Waals surface area contributed by atoms with Gasteiger partial charge in [-0.05, 0) is 48.6 Å². The summed E-state index contributed by atoms with van der Waals surface area (Å²) in [6, 6.07) is 6.64. The topological polar surface area (TPSA) is 51.2 Å². The summed E-state index contributed by atoms with van der Waals surface area (Å²) in [5.74, 6) is 0.216. The smallest absolute Gasteiger partial charge is 0.175 e. The first-order valence-corrected chi connectivity index (χ1v) is 7.90. The Labute approximate surface area is 107 Å². The third-order valence-corrected chi connectivity index (χ3v) is 4.24. The molecule has 0 aromatic heterocycles. The Kier molecular flexibility index (Phi) is 3.66. The molecule has 0 atom stereocenters. The molecule has 0 N–H and O–H groups in total. The Bertz CT molecular complexity index is 580. The second kappa shape index (κ2) is 5.06. The van der Waals surface area contributed by atoms with E-state index in [0.717, 1.165) is 30.4 Å². The van der Waals surface area contributed by atoms with Gasteiger partial charge in [0.2, 0.25) is 0 Å². The largest absolute Gasteiger partial charge is 0.295 e. The van der Waals surface area contributed by atoms with Crippen LogP contribution in [0.25, 0.3) is 6.08 Å². The number of hydrogen-bond acceptors (Lipinski definition) is 3. The fraction of sp³-hybridized carbons (Fsp3) is 0.357. The molecule has 0 saturated heterocycles. The fourth-order valence-corrected chi connectivity index (χ4v) is 2.70. The molecule has 0 aliphatic heterocycles. The SMILES string of the molecule is CS(=O)(=O)c1ccc(C=C2CCCCC2=O)cc1. The summed E-state index contributed by atoms with van der Waals surface area (Å²) in [7, 11) is -3.15. The summed E-state index contributed by atoms with van der Waals surface area (Å²) in [5, 5.41) is 0. The summed E-state index contributed by atoms with van der Waals surface area (Å²) in [5.41, 5.74) is 1.74. The first kappa shape index (κ1) is 13.0. The molecule has 1 aromatic carbocycles. The van der Waals surface area contributed by atoms with Crippen LogP contribution in [0.15, 0.2) is 34.7 Å². The Morgan fingerprint density at radius 2 is 1.67 bits per heavy atom. The lowest BCUT2D eigenvalue weighted by molar-refractivity contribution is -0.116. The Morgan fingerprint density at radius 1 is 1.06 bits per heavy atom. The molecule has 0 heterocycles. The second-order valence-corrected chi connectivity index (χ2v) is 6.66. The van der Waals surface area contributed by atoms with Crippen molar-refractivity contribution in [1.82, 2.24) is 0 Å². The van der Waals surface area contributed by atoms with E-state index < -0.39 is 9.84 Å². The van der Waals surface area contributed by atoms with Crippen LogP contribution >= 0.6 is 0 Å². The predicted octanol–water partition coefficient (Wildman–Crippen LogP) is 2.62. The molecule has 4 heteroatoms. The number of benzene rings is 1. The number of hydrogen-bond donors (Lipinski definition) is 0. The molecule has 96 valence electrons. The van der Waals surface area contributed by atoms with Crippen LogP contribution in [0.3, 0.4) is 0 Å². The zero-order valence-electron chi connectivity index (χ0n) is 10.3. The summed E-state index contributed by atoms with van der Waals surface area (Å²) < 4.78 is 22.6. The highest BCUT2D eigenvalue weighted by molar-refractivity contribution is 7.90. The van der Waals surface area contributed by atoms with Gasteiger partial charge in [-0.25, -0.2) is 8.42 Å². The van der Waals surface area contributed by atoms with Crippen molar-refractivity contribution in [2.24, 2.45) is 0 Å². The number of sulfone groups is 1. The van der Waals surface area contributed by atoms with Crippen LogP contribution in [0.4, 0.5) is 0 Å². The minimum Gasteiger partial charge on any atom is -0.295 e. The van der Waals surface area contributed by atoms with E-state index in [0.29, 0.717) is 11.3 Å². The van der Waals surface area contributed by atoms with Gasteiger partial charge < -0.3 is 0 Å². The lowest BCUT2D eigenvalue weighted by Gasteiger charge is -2.12. The molecule has 2 rings (SSSR count). The van der Waals surface area contributed by atoms with Crippen LogP contribution in [0.1, 0.15) is 31.2 Å². The van der Waals surface area contributed by atoms with E-state index >= 15 is 0 Å². The van der Waals surface area contributed by atoms with E-state index in [1.807, 2.05) is 6.08 Å². The average molecular weight is 264 g/mol. The number of carbonyl (C=O) groups is 1. The molecular formula is C14H16O3S. The quantitative estimate of drug-likeness (QED) is 0.771. The third kappa shape index (κ3) is 3.07. The van der Waals surface area contributed by atoms with Crippen LogP contribution in [-0.2, 0) is 14.6 Å². The monoisotopic (exact) mass is 264 g/mol. The molecular weight excluding hydrogens is 248 g/mol. The fourth-order valence-electron chi connectivity index (χ4n) is 2.07. The molecule has 0 spiro atoms. The summed E-state index contributed by atoms with van der Waals surface area (Å²) in [4.78, 5) is 12.0. The van der Waals surface area contributed by atoms with Crippen molar-refractivity contribution in [3.63, 3.8) is 0 Å². The molecule has 1 saturated carbocycles. The number of ketones is 1. The summed E-state index contributed by atoms with van der Waals surface area (Å²) in [6.07, 6.45) is 6.54. The third-order valence-electron chi connectivity index (χ3n) is 3.11. The Morgan fingerprint density at radius 3 is 2.22 bits per heavy atom. The molecule has 18 heavy (non-hydrogen) atoms. The predicted molar refractivity (Wildman–Crippen MR) is 71.0 cm³/mol. The molecule has 1 fully saturated rings. The van der Waals surface area contributed by atoms with E-state index in [9.17, 15) is 13.2 Å². The Balaban J connectivity index is 2.25. The zero-order valence-corrected chi connectivity index (χ0v) is 11.2. The number of carbonyl (C=O) groups excluding carboxylic acids is 1. The van der Waals surface area contributed by atoms with Gasteiger partial charge in [0, 0.05) is 12.7 Å². The maximum atomic E-state index is 11.7. The minimum absolute atomic E-state index is 0.216. The maximum absolute atomic E-state index is 11.7. The Hall–Kier alpha value is -1.42. The molecule has 1 aliphatic carbocycles. The number of Topliss-reactive ketones (excluding diaryl/α,β-unsaturated/α-hetero) is 1. The van der Waals surface area contributed by atoms with Gasteiger partial charge >= 0.3 is 0 Å². The van der Waals surface area contributed by atoms with E-state index in [4.69, 9.17) is 0 Å². The van der Waals surface area contributed by atoms with E-state index in [-0.39, 0.29) is 5.78 Å². The van der Waals surface area contributed by atoms with Crippen molar-refractivity contribution >= 4 is 21.7 Å². The van der Waals surface area contributed by atoms with Crippen molar-refractivity contribution in [3.05, 3.63) is 35.4 Å². The second-order valence-electron chi connectivity index (χ2n) is 4.64. The molecule has 3 nitrogen and oxygen atoms in total. The first-order chi connectivity index (χ1) is 8.47. The lowest BCUT2D eigenvalue weighted by Crippen LogP contribution is -2.07. The van der Waals surface area contributed by atoms with Crippen LogP contribution in [-0.4, -0.2) is 20.5 Å². The van der Waals surface area contributed by atoms with Gasteiger partial charge in [0.25, 0.3) is 0 Å². The van der Waals surface area contributed by atoms with E-state index in [1.165, 1.54) is 6.26 Å². The summed E-state index contributed by atoms with van der Waals surface area (Å²) >= 11 is 0. The van der Waals surface area contributed by atoms with Crippen molar-refractivity contribution < 1.29 is 13.2 Å². The molecule has 1 aromatic rings. The van der Waals surface area contributed by atoms with E-state index in [1.54, 1.807) is 24.3 Å². The molecule has 0 bridgehead atoms. The van der Waals surface area contributed by atoms with Crippen molar-refractivity contribution in [2.75, 3.05) is 6.26 Å². The van der Waals surface area contributed by atoms with Gasteiger partial charge in [0.15, 0.2) is 15.6 Å². The highest BCUT2D eigenvalue weighted by Gasteiger charge is 2.14. The standard InChI is InChI=1S/C14H16O3S/c1-18(16,17)13-8-6-11(7-9-13)10-12-4-2-3-5-14(12)15/h6-10H,2-5H2,1H3. The maximum Gasteiger partial charge on any atom is 0.175 e. The van der Waals surface area contributed by atoms with Gasteiger partial charge in [-0.2, -0.15) is 0 Å². The normalized spacial score (nSPS) is 19.2. The van der Waals surface area contributed by atoms with Crippen LogP contribution in [0, 0.1) is 0 Å². The van der Waals surface area contributed by atoms with Gasteiger partial charge in [-0.3, -0.25) is 4.79 Å². The van der Waals surface area contributed by atoms with Gasteiger partial charge in [-0.1, -0.05) is 12.1 Å². The average Bonchev–Trinajstić information content (AvgIpc) is 2.32. The molecule has 1 aliphatic rings. The van der Waals surface area contributed by atoms with Crippen molar-refractivity contribution in [3.8, 4) is 0 Å².